The van der Waals surface area contributed by atoms with Crippen molar-refractivity contribution in [1.82, 2.24) is 10.2 Å². The number of amides is 2. The van der Waals surface area contributed by atoms with Crippen LogP contribution in [0.15, 0.2) is 4.99 Å². The minimum Gasteiger partial charge on any atom is -0.338 e. The number of isocyanates is 1. The molecule has 0 aromatic carbocycles. The number of likely N-dealkylation sites (tertiary alicyclic amines) is 1. The topological polar surface area (TPSA) is 78.8 Å². The Balaban J connectivity index is 1.70. The molecular formula is C17H27N3O3. The van der Waals surface area contributed by atoms with Crippen LogP contribution in [0.25, 0.3) is 0 Å². The Labute approximate surface area is 137 Å². The van der Waals surface area contributed by atoms with Crippen molar-refractivity contribution in [3.05, 3.63) is 0 Å². The molecule has 0 spiro atoms. The average molecular weight is 321 g/mol. The summed E-state index contributed by atoms with van der Waals surface area (Å²) in [5.74, 6) is 1.26. The molecule has 2 aliphatic rings. The number of carbonyl (C=O) groups is 2. The number of carbonyl (C=O) groups excluding carboxylic acids is 3. The second-order valence-corrected chi connectivity index (χ2v) is 6.89. The molecule has 2 fully saturated rings. The Morgan fingerprint density at radius 2 is 1.87 bits per heavy atom. The highest BCUT2D eigenvalue weighted by atomic mass is 16.2. The summed E-state index contributed by atoms with van der Waals surface area (Å²) in [7, 11) is 0. The normalized spacial score (nSPS) is 25.5. The van der Waals surface area contributed by atoms with Crippen molar-refractivity contribution in [2.75, 3.05) is 26.2 Å². The highest BCUT2D eigenvalue weighted by molar-refractivity contribution is 5.79. The smallest absolute Gasteiger partial charge is 0.317 e. The molecule has 1 saturated carbocycles. The molecule has 0 radical (unpaired) electrons. The van der Waals surface area contributed by atoms with Gasteiger partial charge in [-0.05, 0) is 50.9 Å². The average Bonchev–Trinajstić information content (AvgIpc) is 2.58. The van der Waals surface area contributed by atoms with Crippen LogP contribution >= 0.6 is 0 Å². The fraction of sp³-hybridized carbons (Fsp3) is 0.824. The summed E-state index contributed by atoms with van der Waals surface area (Å²) in [4.78, 5) is 39.3. The first-order valence-electron chi connectivity index (χ1n) is 8.67. The van der Waals surface area contributed by atoms with Gasteiger partial charge >= 0.3 is 6.03 Å². The Bertz CT molecular complexity index is 466. The van der Waals surface area contributed by atoms with Gasteiger partial charge in [0.1, 0.15) is 5.78 Å². The number of hydrogen-bond donors (Lipinski definition) is 1. The zero-order valence-electron chi connectivity index (χ0n) is 13.9. The van der Waals surface area contributed by atoms with Crippen molar-refractivity contribution in [3.8, 4) is 0 Å². The van der Waals surface area contributed by atoms with Crippen molar-refractivity contribution in [2.45, 2.75) is 45.4 Å². The van der Waals surface area contributed by atoms with Gasteiger partial charge in [0.15, 0.2) is 0 Å². The third kappa shape index (κ3) is 5.47. The van der Waals surface area contributed by atoms with E-state index in [1.807, 2.05) is 4.90 Å². The van der Waals surface area contributed by atoms with Gasteiger partial charge in [-0.3, -0.25) is 4.79 Å². The highest BCUT2D eigenvalue weighted by Crippen LogP contribution is 2.28. The maximum Gasteiger partial charge on any atom is 0.317 e. The van der Waals surface area contributed by atoms with Gasteiger partial charge in [-0.15, -0.1) is 0 Å². The van der Waals surface area contributed by atoms with E-state index < -0.39 is 0 Å². The molecule has 0 aromatic heterocycles. The zero-order valence-corrected chi connectivity index (χ0v) is 13.9. The minimum atomic E-state index is -0.0139. The fourth-order valence-electron chi connectivity index (χ4n) is 3.75. The van der Waals surface area contributed by atoms with Crippen LogP contribution in [0.4, 0.5) is 4.79 Å². The Hall–Kier alpha value is -1.68. The molecule has 0 aromatic rings. The molecule has 6 heteroatoms. The summed E-state index contributed by atoms with van der Waals surface area (Å²) in [5, 5.41) is 3.04. The van der Waals surface area contributed by atoms with Gasteiger partial charge in [0, 0.05) is 25.6 Å². The number of ketones is 1. The summed E-state index contributed by atoms with van der Waals surface area (Å²) >= 11 is 0. The van der Waals surface area contributed by atoms with Crippen molar-refractivity contribution in [1.29, 1.82) is 0 Å². The predicted octanol–water partition coefficient (Wildman–Crippen LogP) is 2.14. The van der Waals surface area contributed by atoms with Gasteiger partial charge in [-0.2, -0.15) is 0 Å². The van der Waals surface area contributed by atoms with Crippen LogP contribution in [0.2, 0.25) is 0 Å². The molecule has 2 unspecified atom stereocenters. The van der Waals surface area contributed by atoms with Gasteiger partial charge < -0.3 is 10.2 Å². The first-order chi connectivity index (χ1) is 11.1. The van der Waals surface area contributed by atoms with E-state index in [0.717, 1.165) is 38.5 Å². The number of rotatable bonds is 5. The number of piperidine rings is 1. The molecule has 1 heterocycles. The second kappa shape index (κ2) is 8.82. The van der Waals surface area contributed by atoms with Gasteiger partial charge in [0.05, 0.1) is 6.54 Å². The monoisotopic (exact) mass is 321 g/mol. The molecular weight excluding hydrogens is 294 g/mol. The zero-order chi connectivity index (χ0) is 16.7. The van der Waals surface area contributed by atoms with Crippen LogP contribution in [0.1, 0.15) is 45.4 Å². The summed E-state index contributed by atoms with van der Waals surface area (Å²) in [6, 6.07) is -0.0139. The van der Waals surface area contributed by atoms with E-state index in [2.05, 4.69) is 10.3 Å². The number of Topliss-reactive ketones (excluding diaryl/α,β-unsaturated/α-hetero) is 1. The van der Waals surface area contributed by atoms with E-state index in [-0.39, 0.29) is 17.7 Å². The SMILES string of the molecule is CC(=O)C1CCN(C(=O)NCC2CCCC(CN=C=O)C2)CC1. The van der Waals surface area contributed by atoms with E-state index in [1.165, 1.54) is 0 Å². The first-order valence-corrected chi connectivity index (χ1v) is 8.67. The molecule has 2 atom stereocenters. The second-order valence-electron chi connectivity index (χ2n) is 6.89. The molecule has 1 aliphatic carbocycles. The first kappa shape index (κ1) is 17.7. The van der Waals surface area contributed by atoms with Crippen LogP contribution in [0.5, 0.6) is 0 Å². The van der Waals surface area contributed by atoms with E-state index in [9.17, 15) is 14.4 Å². The largest absolute Gasteiger partial charge is 0.338 e. The van der Waals surface area contributed by atoms with E-state index >= 15 is 0 Å². The van der Waals surface area contributed by atoms with Crippen LogP contribution in [-0.2, 0) is 9.59 Å². The van der Waals surface area contributed by atoms with Gasteiger partial charge in [0.2, 0.25) is 6.08 Å². The molecule has 23 heavy (non-hydrogen) atoms. The van der Waals surface area contributed by atoms with E-state index in [1.54, 1.807) is 13.0 Å². The molecule has 2 amide bonds. The van der Waals surface area contributed by atoms with Crippen molar-refractivity contribution in [2.24, 2.45) is 22.7 Å². The molecule has 2 rings (SSSR count). The number of nitrogens with zero attached hydrogens (tertiary/aromatic N) is 2. The molecule has 1 saturated heterocycles. The molecule has 128 valence electrons. The van der Waals surface area contributed by atoms with Gasteiger partial charge in [-0.25, -0.2) is 14.6 Å². The van der Waals surface area contributed by atoms with Gasteiger partial charge in [0.25, 0.3) is 0 Å². The van der Waals surface area contributed by atoms with Crippen molar-refractivity contribution >= 4 is 17.9 Å². The molecule has 1 aliphatic heterocycles. The maximum absolute atomic E-state index is 12.2. The fourth-order valence-corrected chi connectivity index (χ4v) is 3.75. The van der Waals surface area contributed by atoms with Crippen molar-refractivity contribution in [3.63, 3.8) is 0 Å². The Kier molecular flexibility index (Phi) is 6.78. The minimum absolute atomic E-state index is 0.0139. The molecule has 6 nitrogen and oxygen atoms in total. The van der Waals surface area contributed by atoms with Crippen LogP contribution in [-0.4, -0.2) is 49.0 Å². The quantitative estimate of drug-likeness (QED) is 0.622. The number of hydrogen-bond acceptors (Lipinski definition) is 4. The maximum atomic E-state index is 12.2. The third-order valence-electron chi connectivity index (χ3n) is 5.20. The van der Waals surface area contributed by atoms with Crippen LogP contribution < -0.4 is 5.32 Å². The van der Waals surface area contributed by atoms with E-state index in [4.69, 9.17) is 0 Å². The van der Waals surface area contributed by atoms with E-state index in [0.29, 0.717) is 38.0 Å². The Morgan fingerprint density at radius 1 is 1.17 bits per heavy atom. The lowest BCUT2D eigenvalue weighted by Crippen LogP contribution is -2.46. The standard InChI is InChI=1S/C17H27N3O3/c1-13(22)16-5-7-20(8-6-16)17(23)19-11-15-4-2-3-14(9-15)10-18-12-21/h14-16H,2-11H2,1H3,(H,19,23). The number of urea groups is 1. The van der Waals surface area contributed by atoms with Crippen molar-refractivity contribution < 1.29 is 14.4 Å². The lowest BCUT2D eigenvalue weighted by atomic mass is 9.81. The summed E-state index contributed by atoms with van der Waals surface area (Å²) in [5.41, 5.74) is 0. The number of nitrogens with one attached hydrogen (secondary N) is 1. The van der Waals surface area contributed by atoms with Gasteiger partial charge in [-0.1, -0.05) is 6.42 Å². The Morgan fingerprint density at radius 3 is 2.52 bits per heavy atom. The molecule has 0 bridgehead atoms. The summed E-state index contributed by atoms with van der Waals surface area (Å²) in [6.07, 6.45) is 7.53. The lowest BCUT2D eigenvalue weighted by Gasteiger charge is -2.32. The predicted molar refractivity (Wildman–Crippen MR) is 86.8 cm³/mol. The van der Waals surface area contributed by atoms with Crippen LogP contribution in [0, 0.1) is 17.8 Å². The number of aliphatic imine (C=N–C) groups is 1. The summed E-state index contributed by atoms with van der Waals surface area (Å²) in [6.45, 7) is 4.21. The lowest BCUT2D eigenvalue weighted by molar-refractivity contribution is -0.121. The highest BCUT2D eigenvalue weighted by Gasteiger charge is 2.26. The third-order valence-corrected chi connectivity index (χ3v) is 5.20. The summed E-state index contributed by atoms with van der Waals surface area (Å²) < 4.78 is 0. The van der Waals surface area contributed by atoms with Crippen LogP contribution in [0.3, 0.4) is 0 Å². The molecule has 1 N–H and O–H groups in total.